The number of hydrogen-bond acceptors (Lipinski definition) is 5. The highest BCUT2D eigenvalue weighted by molar-refractivity contribution is 6.58. The molecular formula is C21H26ClN3O2. The van der Waals surface area contributed by atoms with Gasteiger partial charge in [0.1, 0.15) is 10.9 Å². The van der Waals surface area contributed by atoms with Gasteiger partial charge in [0.25, 0.3) is 0 Å². The normalized spacial score (nSPS) is 19.1. The van der Waals surface area contributed by atoms with Crippen LogP contribution in [0, 0.1) is 5.92 Å². The molecule has 1 aromatic carbocycles. The number of benzene rings is 1. The molecule has 2 aliphatic carbocycles. The Hall–Kier alpha value is -2.27. The number of allylic oxidation sites excluding steroid dienone is 1. The minimum absolute atomic E-state index is 0.0138. The summed E-state index contributed by atoms with van der Waals surface area (Å²) >= 11 is 6.41. The number of aliphatic imine (C=N–C) groups is 1. The number of nitrogens with two attached hydrogens (primary N) is 1. The van der Waals surface area contributed by atoms with Gasteiger partial charge < -0.3 is 15.8 Å². The number of ether oxygens (including phenoxy) is 1. The fraction of sp³-hybridized carbons (Fsp3) is 0.429. The van der Waals surface area contributed by atoms with Crippen LogP contribution in [0.25, 0.3) is 0 Å². The third-order valence-corrected chi connectivity index (χ3v) is 5.50. The first-order chi connectivity index (χ1) is 12.9. The van der Waals surface area contributed by atoms with Crippen molar-refractivity contribution in [3.05, 3.63) is 59.0 Å². The highest BCUT2D eigenvalue weighted by atomic mass is 35.5. The Bertz CT molecular complexity index is 778. The third kappa shape index (κ3) is 5.13. The van der Waals surface area contributed by atoms with Gasteiger partial charge in [-0.05, 0) is 44.1 Å². The molecule has 0 spiro atoms. The van der Waals surface area contributed by atoms with E-state index in [-0.39, 0.29) is 22.1 Å². The topological polar surface area (TPSA) is 76.7 Å². The van der Waals surface area contributed by atoms with Gasteiger partial charge in [0.15, 0.2) is 5.71 Å². The van der Waals surface area contributed by atoms with Crippen molar-refractivity contribution in [2.75, 3.05) is 7.11 Å². The maximum absolute atomic E-state index is 12.1. The molecule has 0 atom stereocenters. The van der Waals surface area contributed by atoms with E-state index in [2.05, 4.69) is 29.0 Å². The summed E-state index contributed by atoms with van der Waals surface area (Å²) in [6.45, 7) is 3.93. The smallest absolute Gasteiger partial charge is 0.358 e. The summed E-state index contributed by atoms with van der Waals surface area (Å²) in [5.74, 6) is -0.0281. The molecule has 2 fully saturated rings. The van der Waals surface area contributed by atoms with Crippen molar-refractivity contribution in [3.63, 3.8) is 0 Å². The first kappa shape index (κ1) is 19.5. The zero-order valence-electron chi connectivity index (χ0n) is 15.6. The average Bonchev–Trinajstić information content (AvgIpc) is 3.59. The van der Waals surface area contributed by atoms with Gasteiger partial charge in [0.2, 0.25) is 0 Å². The Morgan fingerprint density at radius 3 is 2.59 bits per heavy atom. The second-order valence-corrected chi connectivity index (χ2v) is 7.71. The molecule has 0 radical (unpaired) electrons. The number of hydrogen-bond donors (Lipinski definition) is 2. The summed E-state index contributed by atoms with van der Waals surface area (Å²) in [5, 5.41) is 3.41. The number of nitrogens with one attached hydrogen (secondary N) is 1. The van der Waals surface area contributed by atoms with Gasteiger partial charge in [0, 0.05) is 17.2 Å². The first-order valence-electron chi connectivity index (χ1n) is 9.27. The predicted molar refractivity (Wildman–Crippen MR) is 108 cm³/mol. The summed E-state index contributed by atoms with van der Waals surface area (Å²) in [5.41, 5.74) is 8.06. The van der Waals surface area contributed by atoms with Gasteiger partial charge in [0.05, 0.1) is 7.11 Å². The van der Waals surface area contributed by atoms with Crippen LogP contribution < -0.4 is 11.1 Å². The molecular weight excluding hydrogens is 362 g/mol. The van der Waals surface area contributed by atoms with Crippen molar-refractivity contribution in [2.24, 2.45) is 16.6 Å². The minimum atomic E-state index is -0.610. The lowest BCUT2D eigenvalue weighted by Gasteiger charge is -2.20. The quantitative estimate of drug-likeness (QED) is 0.501. The van der Waals surface area contributed by atoms with Gasteiger partial charge in [-0.2, -0.15) is 0 Å². The molecule has 3 N–H and O–H groups in total. The Morgan fingerprint density at radius 2 is 2.04 bits per heavy atom. The highest BCUT2D eigenvalue weighted by Gasteiger charge is 2.42. The Balaban J connectivity index is 1.70. The van der Waals surface area contributed by atoms with Gasteiger partial charge in [-0.1, -0.05) is 48.5 Å². The lowest BCUT2D eigenvalue weighted by molar-refractivity contribution is -0.132. The SMILES string of the molecule is C=C(/N=C(C(=O)OC)\C(Cl)=C(/N)NC1(CCc2ccccc2)CC1)C1CC1. The Morgan fingerprint density at radius 1 is 1.37 bits per heavy atom. The Labute approximate surface area is 165 Å². The predicted octanol–water partition coefficient (Wildman–Crippen LogP) is 3.65. The molecule has 5 nitrogen and oxygen atoms in total. The van der Waals surface area contributed by atoms with Crippen LogP contribution in [0.4, 0.5) is 0 Å². The summed E-state index contributed by atoms with van der Waals surface area (Å²) in [6.07, 6.45) is 6.01. The highest BCUT2D eigenvalue weighted by Crippen LogP contribution is 2.40. The fourth-order valence-corrected chi connectivity index (χ4v) is 3.18. The summed E-state index contributed by atoms with van der Waals surface area (Å²) < 4.78 is 4.82. The van der Waals surface area contributed by atoms with E-state index >= 15 is 0 Å². The van der Waals surface area contributed by atoms with E-state index in [0.717, 1.165) is 38.5 Å². The molecule has 0 aromatic heterocycles. The molecule has 0 saturated heterocycles. The molecule has 1 aromatic rings. The van der Waals surface area contributed by atoms with Crippen LogP contribution in [0.1, 0.15) is 37.7 Å². The van der Waals surface area contributed by atoms with E-state index in [4.69, 9.17) is 22.1 Å². The van der Waals surface area contributed by atoms with Crippen LogP contribution in [0.5, 0.6) is 0 Å². The number of aryl methyl sites for hydroxylation is 1. The number of rotatable bonds is 9. The van der Waals surface area contributed by atoms with Crippen LogP contribution >= 0.6 is 11.6 Å². The van der Waals surface area contributed by atoms with Crippen molar-refractivity contribution in [3.8, 4) is 0 Å². The molecule has 3 rings (SSSR count). The van der Waals surface area contributed by atoms with Crippen LogP contribution in [-0.4, -0.2) is 24.3 Å². The van der Waals surface area contributed by atoms with Crippen molar-refractivity contribution in [2.45, 2.75) is 44.1 Å². The molecule has 0 heterocycles. The zero-order valence-corrected chi connectivity index (χ0v) is 16.4. The van der Waals surface area contributed by atoms with E-state index in [1.807, 2.05) is 18.2 Å². The van der Waals surface area contributed by atoms with Crippen molar-refractivity contribution in [1.82, 2.24) is 5.32 Å². The number of methoxy groups -OCH3 is 1. The van der Waals surface area contributed by atoms with Crippen LogP contribution in [0.15, 0.2) is 58.5 Å². The summed E-state index contributed by atoms with van der Waals surface area (Å²) in [6, 6.07) is 10.3. The van der Waals surface area contributed by atoms with Crippen LogP contribution in [0.2, 0.25) is 0 Å². The summed E-state index contributed by atoms with van der Waals surface area (Å²) in [4.78, 5) is 16.4. The first-order valence-corrected chi connectivity index (χ1v) is 9.65. The maximum atomic E-state index is 12.1. The Kier molecular flexibility index (Phi) is 5.90. The zero-order chi connectivity index (χ0) is 19.4. The fourth-order valence-electron chi connectivity index (χ4n) is 3.02. The molecule has 144 valence electrons. The van der Waals surface area contributed by atoms with Gasteiger partial charge >= 0.3 is 5.97 Å². The summed E-state index contributed by atoms with van der Waals surface area (Å²) in [7, 11) is 1.30. The van der Waals surface area contributed by atoms with E-state index < -0.39 is 5.97 Å². The number of esters is 1. The molecule has 0 amide bonds. The minimum Gasteiger partial charge on any atom is -0.464 e. The molecule has 2 saturated carbocycles. The lowest BCUT2D eigenvalue weighted by atomic mass is 10.0. The average molecular weight is 388 g/mol. The molecule has 6 heteroatoms. The van der Waals surface area contributed by atoms with E-state index in [1.54, 1.807) is 0 Å². The van der Waals surface area contributed by atoms with Gasteiger partial charge in [-0.3, -0.25) is 0 Å². The van der Waals surface area contributed by atoms with Crippen LogP contribution in [0.3, 0.4) is 0 Å². The molecule has 0 aliphatic heterocycles. The molecule has 2 aliphatic rings. The molecule has 27 heavy (non-hydrogen) atoms. The number of nitrogens with zero attached hydrogens (tertiary/aromatic N) is 1. The maximum Gasteiger partial charge on any atom is 0.358 e. The van der Waals surface area contributed by atoms with Crippen LogP contribution in [-0.2, 0) is 16.0 Å². The molecule has 0 bridgehead atoms. The second-order valence-electron chi connectivity index (χ2n) is 7.34. The largest absolute Gasteiger partial charge is 0.464 e. The number of halogens is 1. The van der Waals surface area contributed by atoms with Crippen molar-refractivity contribution < 1.29 is 9.53 Å². The number of carbonyl (C=O) groups is 1. The lowest BCUT2D eigenvalue weighted by Crippen LogP contribution is -2.36. The monoisotopic (exact) mass is 387 g/mol. The van der Waals surface area contributed by atoms with Crippen molar-refractivity contribution >= 4 is 23.3 Å². The number of carbonyl (C=O) groups excluding carboxylic acids is 1. The second kappa shape index (κ2) is 8.17. The molecule has 0 unspecified atom stereocenters. The van der Waals surface area contributed by atoms with E-state index in [9.17, 15) is 4.79 Å². The third-order valence-electron chi connectivity index (χ3n) is 5.12. The van der Waals surface area contributed by atoms with Gasteiger partial charge in [-0.25, -0.2) is 9.79 Å². The van der Waals surface area contributed by atoms with E-state index in [1.165, 1.54) is 12.7 Å². The van der Waals surface area contributed by atoms with Crippen molar-refractivity contribution in [1.29, 1.82) is 0 Å². The standard InChI is InChI=1S/C21H26ClN3O2/c1-14(16-8-9-16)24-18(20(26)27-2)17(22)19(23)25-21(12-13-21)11-10-15-6-4-3-5-7-15/h3-7,16,25H,1,8-13,23H2,2H3/b19-17-,24-18+. The van der Waals surface area contributed by atoms with Gasteiger partial charge in [-0.15, -0.1) is 0 Å². The van der Waals surface area contributed by atoms with E-state index in [0.29, 0.717) is 11.6 Å².